The lowest BCUT2D eigenvalue weighted by Gasteiger charge is -2.14. The summed E-state index contributed by atoms with van der Waals surface area (Å²) in [6.45, 7) is 3.64. The third kappa shape index (κ3) is 4.67. The summed E-state index contributed by atoms with van der Waals surface area (Å²) in [6.07, 6.45) is 3.38. The largest absolute Gasteiger partial charge is 0.460 e. The second kappa shape index (κ2) is 9.23. The van der Waals surface area contributed by atoms with E-state index in [9.17, 15) is 18.0 Å². The molecule has 2 rings (SSSR count). The van der Waals surface area contributed by atoms with Gasteiger partial charge in [0.2, 0.25) is 14.2 Å². The highest BCUT2D eigenvalue weighted by Gasteiger charge is 2.39. The molecule has 1 atom stereocenters. The van der Waals surface area contributed by atoms with Crippen LogP contribution in [0.15, 0.2) is 28.6 Å². The van der Waals surface area contributed by atoms with E-state index < -0.39 is 26.8 Å². The van der Waals surface area contributed by atoms with Crippen LogP contribution in [0, 0.1) is 0 Å². The van der Waals surface area contributed by atoms with Crippen LogP contribution in [-0.4, -0.2) is 37.0 Å². The van der Waals surface area contributed by atoms with E-state index in [2.05, 4.69) is 4.98 Å². The van der Waals surface area contributed by atoms with E-state index >= 15 is 0 Å². The van der Waals surface area contributed by atoms with Crippen molar-refractivity contribution in [3.8, 4) is 0 Å². The zero-order valence-electron chi connectivity index (χ0n) is 14.9. The standard InChI is InChI=1S/C18H23NO5S2/c1-3-5-6-7-12-15(16(20)17(21)24-4-2)26(22,23)18-19-13-10-8-9-11-14(13)25-18/h8-11,15H,3-7,12H2,1-2H3. The molecule has 0 N–H and O–H groups in total. The van der Waals surface area contributed by atoms with Gasteiger partial charge in [-0.15, -0.1) is 11.3 Å². The number of sulfone groups is 1. The number of ketones is 1. The van der Waals surface area contributed by atoms with Gasteiger partial charge in [-0.05, 0) is 25.5 Å². The second-order valence-corrected chi connectivity index (χ2v) is 9.25. The van der Waals surface area contributed by atoms with Crippen molar-refractivity contribution >= 4 is 43.1 Å². The number of aromatic nitrogens is 1. The predicted octanol–water partition coefficient (Wildman–Crippen LogP) is 3.54. The van der Waals surface area contributed by atoms with Crippen LogP contribution in [0.4, 0.5) is 0 Å². The first-order valence-corrected chi connectivity index (χ1v) is 11.1. The number of ether oxygens (including phenoxy) is 1. The molecule has 1 aromatic heterocycles. The van der Waals surface area contributed by atoms with E-state index in [1.165, 1.54) is 0 Å². The van der Waals surface area contributed by atoms with Crippen molar-refractivity contribution in [2.24, 2.45) is 0 Å². The first-order valence-electron chi connectivity index (χ1n) is 8.72. The summed E-state index contributed by atoms with van der Waals surface area (Å²) < 4.78 is 31.4. The lowest BCUT2D eigenvalue weighted by atomic mass is 10.1. The highest BCUT2D eigenvalue weighted by molar-refractivity contribution is 7.94. The molecule has 0 saturated heterocycles. The van der Waals surface area contributed by atoms with Crippen molar-refractivity contribution in [1.29, 1.82) is 0 Å². The summed E-state index contributed by atoms with van der Waals surface area (Å²) in [4.78, 5) is 28.5. The normalized spacial score (nSPS) is 12.8. The number of carbonyl (C=O) groups excluding carboxylic acids is 2. The molecule has 0 spiro atoms. The van der Waals surface area contributed by atoms with E-state index in [0.717, 1.165) is 35.3 Å². The monoisotopic (exact) mass is 397 g/mol. The molecular weight excluding hydrogens is 374 g/mol. The topological polar surface area (TPSA) is 90.4 Å². The highest BCUT2D eigenvalue weighted by Crippen LogP contribution is 2.29. The molecule has 0 radical (unpaired) electrons. The molecule has 142 valence electrons. The Labute approximate surface area is 157 Å². The molecule has 0 amide bonds. The fraction of sp³-hybridized carbons (Fsp3) is 0.500. The number of fused-ring (bicyclic) bond motifs is 1. The Balaban J connectivity index is 2.34. The Bertz CT molecular complexity index is 840. The molecule has 1 aromatic carbocycles. The number of nitrogens with zero attached hydrogens (tertiary/aromatic N) is 1. The van der Waals surface area contributed by atoms with Crippen LogP contribution in [0.2, 0.25) is 0 Å². The maximum atomic E-state index is 13.0. The van der Waals surface area contributed by atoms with Crippen LogP contribution < -0.4 is 0 Å². The van der Waals surface area contributed by atoms with Gasteiger partial charge in [-0.1, -0.05) is 44.7 Å². The van der Waals surface area contributed by atoms with Gasteiger partial charge in [-0.25, -0.2) is 18.2 Å². The van der Waals surface area contributed by atoms with Gasteiger partial charge in [0, 0.05) is 0 Å². The van der Waals surface area contributed by atoms with E-state index in [-0.39, 0.29) is 17.4 Å². The van der Waals surface area contributed by atoms with Gasteiger partial charge < -0.3 is 4.74 Å². The van der Waals surface area contributed by atoms with Gasteiger partial charge in [0.25, 0.3) is 5.78 Å². The molecule has 8 heteroatoms. The van der Waals surface area contributed by atoms with E-state index in [4.69, 9.17) is 4.74 Å². The van der Waals surface area contributed by atoms with Crippen LogP contribution in [-0.2, 0) is 24.2 Å². The second-order valence-electron chi connectivity index (χ2n) is 5.92. The number of rotatable bonds is 10. The summed E-state index contributed by atoms with van der Waals surface area (Å²) >= 11 is 1.02. The van der Waals surface area contributed by atoms with E-state index in [1.54, 1.807) is 31.2 Å². The van der Waals surface area contributed by atoms with Crippen LogP contribution in [0.5, 0.6) is 0 Å². The summed E-state index contributed by atoms with van der Waals surface area (Å²) in [6, 6.07) is 7.05. The average molecular weight is 398 g/mol. The molecule has 1 heterocycles. The number of para-hydroxylation sites is 1. The van der Waals surface area contributed by atoms with Gasteiger partial charge in [-0.2, -0.15) is 0 Å². The van der Waals surface area contributed by atoms with Gasteiger partial charge in [-0.3, -0.25) is 4.79 Å². The molecule has 0 fully saturated rings. The molecule has 6 nitrogen and oxygen atoms in total. The summed E-state index contributed by atoms with van der Waals surface area (Å²) in [5, 5.41) is -1.45. The van der Waals surface area contributed by atoms with Gasteiger partial charge in [0.1, 0.15) is 5.25 Å². The fourth-order valence-corrected chi connectivity index (χ4v) is 5.72. The zero-order valence-corrected chi connectivity index (χ0v) is 16.6. The lowest BCUT2D eigenvalue weighted by Crippen LogP contribution is -2.36. The summed E-state index contributed by atoms with van der Waals surface area (Å²) in [5.74, 6) is -2.11. The minimum Gasteiger partial charge on any atom is -0.460 e. The number of benzene rings is 1. The quantitative estimate of drug-likeness (QED) is 0.346. The van der Waals surface area contributed by atoms with Crippen LogP contribution in [0.3, 0.4) is 0 Å². The first kappa shape index (κ1) is 20.5. The van der Waals surface area contributed by atoms with Crippen molar-refractivity contribution < 1.29 is 22.7 Å². The summed E-state index contributed by atoms with van der Waals surface area (Å²) in [7, 11) is -4.06. The number of hydrogen-bond acceptors (Lipinski definition) is 7. The van der Waals surface area contributed by atoms with Gasteiger partial charge >= 0.3 is 5.97 Å². The number of hydrogen-bond donors (Lipinski definition) is 0. The molecule has 0 saturated carbocycles. The van der Waals surface area contributed by atoms with E-state index in [1.807, 2.05) is 6.92 Å². The SMILES string of the molecule is CCCCCCC(C(=O)C(=O)OCC)S(=O)(=O)c1nc2ccccc2s1. The molecular formula is C18H23NO5S2. The van der Waals surface area contributed by atoms with Crippen molar-refractivity contribution in [2.45, 2.75) is 55.5 Å². The van der Waals surface area contributed by atoms with Crippen LogP contribution >= 0.6 is 11.3 Å². The lowest BCUT2D eigenvalue weighted by molar-refractivity contribution is -0.153. The third-order valence-electron chi connectivity index (χ3n) is 3.98. The molecule has 0 aliphatic heterocycles. The van der Waals surface area contributed by atoms with Gasteiger partial charge in [0.05, 0.1) is 16.8 Å². The zero-order chi connectivity index (χ0) is 19.2. The molecule has 0 aliphatic rings. The van der Waals surface area contributed by atoms with Crippen molar-refractivity contribution in [2.75, 3.05) is 6.61 Å². The number of carbonyl (C=O) groups is 2. The predicted molar refractivity (Wildman–Crippen MR) is 101 cm³/mol. The molecule has 1 unspecified atom stereocenters. The Morgan fingerprint density at radius 1 is 1.15 bits per heavy atom. The van der Waals surface area contributed by atoms with E-state index in [0.29, 0.717) is 11.9 Å². The Morgan fingerprint density at radius 2 is 1.88 bits per heavy atom. The van der Waals surface area contributed by atoms with Gasteiger partial charge in [0.15, 0.2) is 0 Å². The van der Waals surface area contributed by atoms with Crippen molar-refractivity contribution in [3.05, 3.63) is 24.3 Å². The Kier molecular flexibility index (Phi) is 7.28. The Morgan fingerprint density at radius 3 is 2.54 bits per heavy atom. The summed E-state index contributed by atoms with van der Waals surface area (Å²) in [5.41, 5.74) is 0.560. The van der Waals surface area contributed by atoms with Crippen molar-refractivity contribution in [3.63, 3.8) is 0 Å². The minimum absolute atomic E-state index is 0.0221. The number of unbranched alkanes of at least 4 members (excludes halogenated alkanes) is 3. The number of Topliss-reactive ketones (excluding diaryl/α,β-unsaturated/α-hetero) is 1. The molecule has 0 bridgehead atoms. The van der Waals surface area contributed by atoms with Crippen molar-refractivity contribution in [1.82, 2.24) is 4.98 Å². The average Bonchev–Trinajstić information content (AvgIpc) is 3.06. The smallest absolute Gasteiger partial charge is 0.376 e. The number of thiazole rings is 1. The Hall–Kier alpha value is -1.80. The maximum absolute atomic E-state index is 13.0. The maximum Gasteiger partial charge on any atom is 0.376 e. The first-order chi connectivity index (χ1) is 12.4. The minimum atomic E-state index is -4.06. The highest BCUT2D eigenvalue weighted by atomic mass is 32.2. The molecule has 26 heavy (non-hydrogen) atoms. The fourth-order valence-electron chi connectivity index (χ4n) is 2.61. The number of esters is 1. The molecule has 0 aliphatic carbocycles. The van der Waals surface area contributed by atoms with Crippen LogP contribution in [0.1, 0.15) is 46.0 Å². The molecule has 2 aromatic rings. The third-order valence-corrected chi connectivity index (χ3v) is 7.54. The van der Waals surface area contributed by atoms with Crippen LogP contribution in [0.25, 0.3) is 10.2 Å².